The standard InChI is InChI=1S/C17H29N3O3.HI/c1-5-18-17(19-11-12-22-6-2)20-13-14(3)23-16-10-8-7-9-15(16)21-4;/h7-10,14H,5-6,11-13H2,1-4H3,(H2,18,19,20);1H. The van der Waals surface area contributed by atoms with E-state index in [1.807, 2.05) is 45.0 Å². The summed E-state index contributed by atoms with van der Waals surface area (Å²) in [4.78, 5) is 4.54. The monoisotopic (exact) mass is 451 g/mol. The zero-order chi connectivity index (χ0) is 16.9. The number of nitrogens with one attached hydrogen (secondary N) is 2. The van der Waals surface area contributed by atoms with Crippen molar-refractivity contribution in [2.24, 2.45) is 4.99 Å². The first kappa shape index (κ1) is 22.8. The molecular weight excluding hydrogens is 421 g/mol. The number of hydrogen-bond acceptors (Lipinski definition) is 4. The van der Waals surface area contributed by atoms with Crippen LogP contribution in [0.3, 0.4) is 0 Å². The topological polar surface area (TPSA) is 64.1 Å². The molecule has 0 heterocycles. The molecule has 0 aliphatic heterocycles. The van der Waals surface area contributed by atoms with E-state index in [0.717, 1.165) is 37.2 Å². The Balaban J connectivity index is 0.00000529. The Morgan fingerprint density at radius 1 is 1.17 bits per heavy atom. The minimum absolute atomic E-state index is 0. The largest absolute Gasteiger partial charge is 0.493 e. The first-order chi connectivity index (χ1) is 11.2. The Hall–Kier alpha value is -1.22. The second-order valence-electron chi connectivity index (χ2n) is 4.92. The first-order valence-corrected chi connectivity index (χ1v) is 8.10. The van der Waals surface area contributed by atoms with Gasteiger partial charge in [0.25, 0.3) is 0 Å². The molecule has 0 saturated heterocycles. The van der Waals surface area contributed by atoms with Gasteiger partial charge in [0.1, 0.15) is 6.10 Å². The lowest BCUT2D eigenvalue weighted by atomic mass is 10.3. The molecule has 1 atom stereocenters. The van der Waals surface area contributed by atoms with E-state index < -0.39 is 0 Å². The van der Waals surface area contributed by atoms with E-state index in [-0.39, 0.29) is 30.1 Å². The maximum absolute atomic E-state index is 5.90. The Kier molecular flexibility index (Phi) is 13.4. The molecule has 0 amide bonds. The van der Waals surface area contributed by atoms with Crippen LogP contribution in [0.15, 0.2) is 29.3 Å². The van der Waals surface area contributed by atoms with Crippen molar-refractivity contribution in [3.63, 3.8) is 0 Å². The van der Waals surface area contributed by atoms with Gasteiger partial charge in [-0.1, -0.05) is 12.1 Å². The molecule has 24 heavy (non-hydrogen) atoms. The van der Waals surface area contributed by atoms with Gasteiger partial charge in [-0.15, -0.1) is 24.0 Å². The Morgan fingerprint density at radius 3 is 2.50 bits per heavy atom. The molecule has 0 saturated carbocycles. The van der Waals surface area contributed by atoms with Crippen LogP contribution in [-0.2, 0) is 4.74 Å². The number of ether oxygens (including phenoxy) is 3. The van der Waals surface area contributed by atoms with Gasteiger partial charge in [0, 0.05) is 19.7 Å². The molecule has 1 aromatic rings. The molecule has 0 radical (unpaired) electrons. The average Bonchev–Trinajstić information content (AvgIpc) is 2.57. The fraction of sp³-hybridized carbons (Fsp3) is 0.588. The van der Waals surface area contributed by atoms with Crippen LogP contribution in [0.4, 0.5) is 0 Å². The van der Waals surface area contributed by atoms with Gasteiger partial charge >= 0.3 is 0 Å². The van der Waals surface area contributed by atoms with Gasteiger partial charge in [-0.05, 0) is 32.9 Å². The Morgan fingerprint density at radius 2 is 1.88 bits per heavy atom. The minimum Gasteiger partial charge on any atom is -0.493 e. The molecule has 0 aliphatic rings. The Bertz CT molecular complexity index is 472. The smallest absolute Gasteiger partial charge is 0.191 e. The third-order valence-corrected chi connectivity index (χ3v) is 2.99. The van der Waals surface area contributed by atoms with Crippen LogP contribution >= 0.6 is 24.0 Å². The predicted molar refractivity (Wildman–Crippen MR) is 109 cm³/mol. The van der Waals surface area contributed by atoms with Gasteiger partial charge in [-0.2, -0.15) is 0 Å². The SMILES string of the molecule is CCNC(=NCC(C)Oc1ccccc1OC)NCCOCC.I. The number of nitrogens with zero attached hydrogens (tertiary/aromatic N) is 1. The highest BCUT2D eigenvalue weighted by molar-refractivity contribution is 14.0. The van der Waals surface area contributed by atoms with Gasteiger partial charge in [0.2, 0.25) is 0 Å². The highest BCUT2D eigenvalue weighted by atomic mass is 127. The maximum atomic E-state index is 5.90. The number of guanidine groups is 1. The van der Waals surface area contributed by atoms with E-state index in [2.05, 4.69) is 15.6 Å². The zero-order valence-corrected chi connectivity index (χ0v) is 17.3. The van der Waals surface area contributed by atoms with Crippen molar-refractivity contribution in [3.8, 4) is 11.5 Å². The van der Waals surface area contributed by atoms with Gasteiger partial charge in [0.15, 0.2) is 17.5 Å². The maximum Gasteiger partial charge on any atom is 0.191 e. The summed E-state index contributed by atoms with van der Waals surface area (Å²) in [6.07, 6.45) is -0.0614. The molecule has 0 fully saturated rings. The quantitative estimate of drug-likeness (QED) is 0.248. The van der Waals surface area contributed by atoms with E-state index >= 15 is 0 Å². The molecule has 1 unspecified atom stereocenters. The number of hydrogen-bond donors (Lipinski definition) is 2. The first-order valence-electron chi connectivity index (χ1n) is 8.10. The van der Waals surface area contributed by atoms with Crippen molar-refractivity contribution >= 4 is 29.9 Å². The predicted octanol–water partition coefficient (Wildman–Crippen LogP) is 2.67. The van der Waals surface area contributed by atoms with Gasteiger partial charge in [0.05, 0.1) is 20.3 Å². The number of halogens is 1. The highest BCUT2D eigenvalue weighted by Gasteiger charge is 2.08. The second kappa shape index (κ2) is 14.2. The summed E-state index contributed by atoms with van der Waals surface area (Å²) in [6, 6.07) is 7.61. The molecule has 1 rings (SSSR count). The van der Waals surface area contributed by atoms with Crippen LogP contribution in [0.25, 0.3) is 0 Å². The summed E-state index contributed by atoms with van der Waals surface area (Å²) in [5.74, 6) is 2.22. The van der Waals surface area contributed by atoms with E-state index in [1.165, 1.54) is 0 Å². The summed E-state index contributed by atoms with van der Waals surface area (Å²) in [6.45, 7) is 9.46. The van der Waals surface area contributed by atoms with E-state index in [1.54, 1.807) is 7.11 Å². The minimum atomic E-state index is -0.0614. The number of methoxy groups -OCH3 is 1. The lowest BCUT2D eigenvalue weighted by Crippen LogP contribution is -2.39. The normalized spacial score (nSPS) is 12.1. The number of para-hydroxylation sites is 2. The molecule has 0 aromatic heterocycles. The molecule has 1 aromatic carbocycles. The van der Waals surface area contributed by atoms with E-state index in [4.69, 9.17) is 14.2 Å². The molecule has 138 valence electrons. The van der Waals surface area contributed by atoms with Crippen LogP contribution in [0.5, 0.6) is 11.5 Å². The summed E-state index contributed by atoms with van der Waals surface area (Å²) in [5.41, 5.74) is 0. The summed E-state index contributed by atoms with van der Waals surface area (Å²) in [7, 11) is 1.64. The third kappa shape index (κ3) is 9.17. The van der Waals surface area contributed by atoms with Gasteiger partial charge < -0.3 is 24.8 Å². The molecule has 0 spiro atoms. The van der Waals surface area contributed by atoms with Crippen molar-refractivity contribution in [3.05, 3.63) is 24.3 Å². The van der Waals surface area contributed by atoms with Gasteiger partial charge in [-0.3, -0.25) is 0 Å². The summed E-state index contributed by atoms with van der Waals surface area (Å²) >= 11 is 0. The third-order valence-electron chi connectivity index (χ3n) is 2.99. The summed E-state index contributed by atoms with van der Waals surface area (Å²) in [5, 5.41) is 6.44. The summed E-state index contributed by atoms with van der Waals surface area (Å²) < 4.78 is 16.5. The molecule has 6 nitrogen and oxygen atoms in total. The number of aliphatic imine (C=N–C) groups is 1. The fourth-order valence-electron chi connectivity index (χ4n) is 1.92. The molecule has 0 aliphatic carbocycles. The van der Waals surface area contributed by atoms with E-state index in [9.17, 15) is 0 Å². The molecule has 2 N–H and O–H groups in total. The van der Waals surface area contributed by atoms with Crippen LogP contribution in [0, 0.1) is 0 Å². The fourth-order valence-corrected chi connectivity index (χ4v) is 1.92. The second-order valence-corrected chi connectivity index (χ2v) is 4.92. The van der Waals surface area contributed by atoms with Crippen molar-refractivity contribution < 1.29 is 14.2 Å². The van der Waals surface area contributed by atoms with Gasteiger partial charge in [-0.25, -0.2) is 4.99 Å². The van der Waals surface area contributed by atoms with Crippen molar-refractivity contribution in [2.75, 3.05) is 40.0 Å². The molecule has 0 bridgehead atoms. The molecular formula is C17H30IN3O3. The van der Waals surface area contributed by atoms with Crippen molar-refractivity contribution in [1.82, 2.24) is 10.6 Å². The van der Waals surface area contributed by atoms with E-state index in [0.29, 0.717) is 13.2 Å². The number of benzene rings is 1. The van der Waals surface area contributed by atoms with Crippen LogP contribution in [-0.4, -0.2) is 52.0 Å². The zero-order valence-electron chi connectivity index (χ0n) is 15.0. The Labute approximate surface area is 162 Å². The lowest BCUT2D eigenvalue weighted by molar-refractivity contribution is 0.152. The van der Waals surface area contributed by atoms with Crippen LogP contribution < -0.4 is 20.1 Å². The number of rotatable bonds is 10. The van der Waals surface area contributed by atoms with Crippen molar-refractivity contribution in [1.29, 1.82) is 0 Å². The van der Waals surface area contributed by atoms with Crippen LogP contribution in [0.1, 0.15) is 20.8 Å². The van der Waals surface area contributed by atoms with Crippen LogP contribution in [0.2, 0.25) is 0 Å². The van der Waals surface area contributed by atoms with Crippen molar-refractivity contribution in [2.45, 2.75) is 26.9 Å². The average molecular weight is 451 g/mol. The molecule has 7 heteroatoms. The lowest BCUT2D eigenvalue weighted by Gasteiger charge is -2.16. The highest BCUT2D eigenvalue weighted by Crippen LogP contribution is 2.26.